The summed E-state index contributed by atoms with van der Waals surface area (Å²) in [6, 6.07) is 24.2. The van der Waals surface area contributed by atoms with Crippen LogP contribution in [-0.4, -0.2) is 251 Å². The maximum atomic E-state index is 12.4. The number of hydrogen-bond acceptors (Lipinski definition) is 27. The van der Waals surface area contributed by atoms with Crippen molar-refractivity contribution in [3.05, 3.63) is 133 Å². The molecule has 8 aliphatic rings. The maximum absolute atomic E-state index is 12.4. The Kier molecular flexibility index (Phi) is 25.2. The molecule has 4 aliphatic heterocycles. The van der Waals surface area contributed by atoms with Crippen molar-refractivity contribution < 1.29 is 54.8 Å². The van der Waals surface area contributed by atoms with Crippen LogP contribution in [0.2, 0.25) is 0 Å². The van der Waals surface area contributed by atoms with Crippen LogP contribution in [0, 0.1) is 17.8 Å². The standard InChI is InChI=1S/C31H43N7O4.C30H40N8O3.C28H39N7O4/c1-17(2)37(13-24-26(40)27(41)30(42-24)38-16-35-25-28(32)33-15-34-29(25)38)22-9-18(10-22)5-8-21-11-19-6-7-20(12-23(19)36-21)31(3,4)14-39;1-16(2)37(13-23-26(39)27(40)30(41-23)38-15-34-25-28(31)32-14-33-29(25)38)20-10-17(11-20)6-9-24-35-21-8-7-19(12-22(21)36-24)18-4-3-5-18;1-28(2,3)17-5-7-18(8-6-17)33-27(38)31-13-16-11-19(12-16)34(4)14-21-23(36)24(37)26(39-21)35-15-32-22-20(29)9-10-30-25(22)35/h6-7,12,15-18,22,24,26-27,30,39-41H,5,8-11,13-14H2,1-4H3,(H2,32,33,34);7-8,12,14-18,20,23,26-27,30,39-40H,3-6,9-11,13H2,1-2H3,(H,35,36)(H2,31,32,33);5-10,15-16,19,21,23-24,26,36-37H,11-14H2,1-4H3,(H2,29,30)(H2,31,33,38)/t18?,22?,24-,26-,27-,30-;17?,20?,23-,26-,27-,30-;16?,19?,21-,23-,24-,26-/m111/s1. The maximum Gasteiger partial charge on any atom is 0.319 e. The minimum absolute atomic E-state index is 0.0691. The fourth-order valence-electron chi connectivity index (χ4n) is 18.9. The van der Waals surface area contributed by atoms with Crippen molar-refractivity contribution in [3.8, 4) is 0 Å². The van der Waals surface area contributed by atoms with Gasteiger partial charge < -0.3 is 87.7 Å². The molecule has 4 aliphatic carbocycles. The molecule has 33 nitrogen and oxygen atoms in total. The van der Waals surface area contributed by atoms with Crippen molar-refractivity contribution in [1.82, 2.24) is 83.6 Å². The number of pyridine rings is 1. The Bertz CT molecular complexity index is 5320. The number of aliphatic imine (C=N–C) groups is 1. The molecule has 3 saturated heterocycles. The highest BCUT2D eigenvalue weighted by atomic mass is 16.6. The third-order valence-electron chi connectivity index (χ3n) is 27.1. The van der Waals surface area contributed by atoms with Crippen molar-refractivity contribution in [2.75, 3.05) is 62.4 Å². The average Bonchev–Trinajstić information content (AvgIpc) is 1.57. The summed E-state index contributed by atoms with van der Waals surface area (Å²) in [7, 11) is 1.99. The summed E-state index contributed by atoms with van der Waals surface area (Å²) in [4.78, 5) is 66.3. The van der Waals surface area contributed by atoms with E-state index in [4.69, 9.17) is 41.4 Å². The highest BCUT2D eigenvalue weighted by Gasteiger charge is 2.50. The minimum Gasteiger partial charge on any atom is -0.397 e. The molecule has 10 aromatic rings. The zero-order valence-corrected chi connectivity index (χ0v) is 71.5. The molecule has 0 radical (unpaired) electrons. The number of anilines is 4. The zero-order valence-electron chi connectivity index (χ0n) is 71.5. The summed E-state index contributed by atoms with van der Waals surface area (Å²) in [5, 5.41) is 80.7. The van der Waals surface area contributed by atoms with Gasteiger partial charge in [-0.3, -0.25) is 28.5 Å². The molecule has 12 atom stereocenters. The summed E-state index contributed by atoms with van der Waals surface area (Å²) in [5.41, 5.74) is 31.3. The first kappa shape index (κ1) is 86.2. The molecule has 3 aromatic carbocycles. The van der Waals surface area contributed by atoms with Crippen molar-refractivity contribution in [2.45, 2.75) is 273 Å². The predicted octanol–water partition coefficient (Wildman–Crippen LogP) is 8.65. The first-order chi connectivity index (χ1) is 58.4. The fourth-order valence-corrected chi connectivity index (χ4v) is 18.9. The second-order valence-corrected chi connectivity index (χ2v) is 37.6. The van der Waals surface area contributed by atoms with E-state index in [1.807, 2.05) is 31.3 Å². The lowest BCUT2D eigenvalue weighted by Crippen LogP contribution is -2.52. The molecule has 18 rings (SSSR count). The van der Waals surface area contributed by atoms with Crippen molar-refractivity contribution >= 4 is 85.0 Å². The van der Waals surface area contributed by atoms with Crippen LogP contribution < -0.4 is 27.8 Å². The number of hydrogen-bond donors (Lipinski definition) is 13. The van der Waals surface area contributed by atoms with Gasteiger partial charge >= 0.3 is 6.03 Å². The predicted molar refractivity (Wildman–Crippen MR) is 465 cm³/mol. The van der Waals surface area contributed by atoms with E-state index in [1.54, 1.807) is 26.0 Å². The normalized spacial score (nSPS) is 27.8. The Morgan fingerprint density at radius 2 is 1.11 bits per heavy atom. The van der Waals surface area contributed by atoms with Crippen LogP contribution in [-0.2, 0) is 37.9 Å². The molecule has 11 heterocycles. The molecule has 0 spiro atoms. The molecule has 4 saturated carbocycles. The second-order valence-electron chi connectivity index (χ2n) is 37.6. The quantitative estimate of drug-likeness (QED) is 0.0241. The van der Waals surface area contributed by atoms with E-state index in [9.17, 15) is 40.5 Å². The first-order valence-electron chi connectivity index (χ1n) is 43.6. The number of ether oxygens (including phenoxy) is 3. The summed E-state index contributed by atoms with van der Waals surface area (Å²) in [6.07, 6.45) is 13.7. The largest absolute Gasteiger partial charge is 0.397 e. The third-order valence-corrected chi connectivity index (χ3v) is 27.1. The molecular weight excluding hydrogens is 1550 g/mol. The van der Waals surface area contributed by atoms with Gasteiger partial charge in [-0.2, -0.15) is 0 Å². The molecule has 0 bridgehead atoms. The number of fused-ring (bicyclic) bond motifs is 5. The Labute approximate surface area is 710 Å². The van der Waals surface area contributed by atoms with Gasteiger partial charge in [0.1, 0.15) is 90.0 Å². The smallest absolute Gasteiger partial charge is 0.319 e. The number of aromatic amines is 1. The fraction of sp³-hybridized carbons (Fsp3) is 0.584. The van der Waals surface area contributed by atoms with Crippen molar-refractivity contribution in [1.29, 1.82) is 0 Å². The number of nitrogens with two attached hydrogens (primary N) is 3. The van der Waals surface area contributed by atoms with Gasteiger partial charge in [-0.25, -0.2) is 49.7 Å². The Morgan fingerprint density at radius 1 is 0.590 bits per heavy atom. The Morgan fingerprint density at radius 3 is 1.63 bits per heavy atom. The molecular formula is C89H122N22O11. The van der Waals surface area contributed by atoms with Gasteiger partial charge in [-0.15, -0.1) is 0 Å². The number of amides is 2. The summed E-state index contributed by atoms with van der Waals surface area (Å²) < 4.78 is 23.4. The molecule has 33 heteroatoms. The number of aryl methyl sites for hydroxylation is 1. The van der Waals surface area contributed by atoms with E-state index in [0.717, 1.165) is 110 Å². The van der Waals surface area contributed by atoms with Gasteiger partial charge in [0.05, 0.1) is 48.0 Å². The lowest BCUT2D eigenvalue weighted by Gasteiger charge is -2.46. The Balaban J connectivity index is 0.000000136. The van der Waals surface area contributed by atoms with Gasteiger partial charge in [0.2, 0.25) is 0 Å². The number of benzene rings is 3. The number of nitrogen functional groups attached to an aromatic ring is 3. The number of nitrogens with one attached hydrogen (secondary N) is 3. The van der Waals surface area contributed by atoms with Gasteiger partial charge in [0, 0.05) is 92.2 Å². The van der Waals surface area contributed by atoms with E-state index < -0.39 is 73.6 Å². The molecule has 16 N–H and O–H groups in total. The van der Waals surface area contributed by atoms with E-state index in [2.05, 4.69) is 169 Å². The number of urea groups is 1. The lowest BCUT2D eigenvalue weighted by atomic mass is 9.75. The van der Waals surface area contributed by atoms with E-state index >= 15 is 0 Å². The number of aliphatic hydroxyl groups excluding tert-OH is 7. The second kappa shape index (κ2) is 35.7. The molecule has 7 fully saturated rings. The summed E-state index contributed by atoms with van der Waals surface area (Å²) in [5.74, 6) is 4.00. The first-order valence-corrected chi connectivity index (χ1v) is 43.6. The SMILES string of the molecule is CC(C)N(C[C@H]1O[C@@H](n2cnc3c(N)ncnc32)[C@H](O)[C@@H]1O)C1CC(CCC2=Nc3cc(C(C)(C)CO)ccc3C2)C1.CC(C)N(C[C@H]1O[C@@H](n2cnc3c(N)ncnc32)[C@H](O)[C@@H]1O)C1CC(CCc2nc3ccc(C4CCC4)cc3[nH]2)C1.CN(C[C@H]1O[C@@H](n2cnc3c(N)ccnc32)[C@H](O)[C@@H]1O)C1CC(CNC(=O)Nc2ccc(C(C)(C)C)cc2)C1. The van der Waals surface area contributed by atoms with Gasteiger partial charge in [0.15, 0.2) is 47.3 Å². The molecule has 2 amide bonds. The number of imidazole rings is 4. The number of rotatable bonds is 26. The number of H-pyrrole nitrogens is 1. The Hall–Kier alpha value is -9.33. The number of aliphatic hydroxyl groups is 7. The van der Waals surface area contributed by atoms with Crippen LogP contribution in [0.25, 0.3) is 44.5 Å². The summed E-state index contributed by atoms with van der Waals surface area (Å²) in [6.45, 7) is 21.5. The average molecular weight is 1680 g/mol. The molecule has 0 unspecified atom stereocenters. The van der Waals surface area contributed by atoms with Gasteiger partial charge in [-0.05, 0) is 193 Å². The highest BCUT2D eigenvalue weighted by Crippen LogP contribution is 2.45. The molecule has 7 aromatic heterocycles. The van der Waals surface area contributed by atoms with Crippen molar-refractivity contribution in [2.24, 2.45) is 22.7 Å². The zero-order chi connectivity index (χ0) is 85.9. The lowest BCUT2D eigenvalue weighted by molar-refractivity contribution is -0.0620. The molecule has 122 heavy (non-hydrogen) atoms. The van der Waals surface area contributed by atoms with Crippen LogP contribution in [0.3, 0.4) is 0 Å². The van der Waals surface area contributed by atoms with E-state index in [-0.39, 0.29) is 47.2 Å². The van der Waals surface area contributed by atoms with E-state index in [0.29, 0.717) is 101 Å². The number of aromatic nitrogens is 13. The topological polar surface area (TPSA) is 457 Å². The number of carbonyl (C=O) groups is 1. The van der Waals surface area contributed by atoms with Crippen LogP contribution >= 0.6 is 0 Å². The third kappa shape index (κ3) is 18.0. The van der Waals surface area contributed by atoms with Crippen LogP contribution in [0.1, 0.15) is 192 Å². The monoisotopic (exact) mass is 1670 g/mol. The van der Waals surface area contributed by atoms with Crippen LogP contribution in [0.4, 0.5) is 33.5 Å². The number of carbonyl (C=O) groups excluding carboxylic acids is 1. The van der Waals surface area contributed by atoms with Gasteiger partial charge in [-0.1, -0.05) is 71.4 Å². The van der Waals surface area contributed by atoms with Gasteiger partial charge in [0.25, 0.3) is 0 Å². The number of likely N-dealkylation sites (N-methyl/N-ethyl adjacent to an activating group) is 1. The highest BCUT2D eigenvalue weighted by molar-refractivity contribution is 5.94. The number of nitrogens with zero attached hydrogens (tertiary/aromatic N) is 16. The summed E-state index contributed by atoms with van der Waals surface area (Å²) >= 11 is 0. The van der Waals surface area contributed by atoms with Crippen LogP contribution in [0.15, 0.2) is 110 Å². The minimum atomic E-state index is -1.12. The van der Waals surface area contributed by atoms with Crippen molar-refractivity contribution in [3.63, 3.8) is 0 Å². The molecule has 654 valence electrons. The van der Waals surface area contributed by atoms with E-state index in [1.165, 1.54) is 73.3 Å². The van der Waals surface area contributed by atoms with Crippen LogP contribution in [0.5, 0.6) is 0 Å².